The molecule has 4 rings (SSSR count). The predicted molar refractivity (Wildman–Crippen MR) is 117 cm³/mol. The zero-order valence-electron chi connectivity index (χ0n) is 18.3. The summed E-state index contributed by atoms with van der Waals surface area (Å²) < 4.78 is 70.9. The highest BCUT2D eigenvalue weighted by Crippen LogP contribution is 2.49. The average molecular weight is 469 g/mol. The average Bonchev–Trinajstić information content (AvgIpc) is 3.31. The highest BCUT2D eigenvalue weighted by atomic mass is 32.2. The Balaban J connectivity index is 1.65. The van der Waals surface area contributed by atoms with Crippen molar-refractivity contribution in [3.8, 4) is 0 Å². The molecule has 0 bridgehead atoms. The van der Waals surface area contributed by atoms with Crippen molar-refractivity contribution in [3.05, 3.63) is 47.4 Å². The van der Waals surface area contributed by atoms with Crippen molar-refractivity contribution in [1.82, 2.24) is 9.88 Å². The molecule has 1 saturated carbocycles. The summed E-state index contributed by atoms with van der Waals surface area (Å²) in [4.78, 5) is 6.49. The molecule has 2 aliphatic rings. The van der Waals surface area contributed by atoms with Gasteiger partial charge in [0.2, 0.25) is 5.95 Å². The Morgan fingerprint density at radius 3 is 2.66 bits per heavy atom. The van der Waals surface area contributed by atoms with Crippen LogP contribution in [-0.4, -0.2) is 51.5 Å². The summed E-state index contributed by atoms with van der Waals surface area (Å²) in [5, 5.41) is 0. The molecule has 1 N–H and O–H groups in total. The van der Waals surface area contributed by atoms with Gasteiger partial charge >= 0.3 is 0 Å². The van der Waals surface area contributed by atoms with Crippen LogP contribution in [0.5, 0.6) is 0 Å². The van der Waals surface area contributed by atoms with E-state index in [1.807, 2.05) is 9.62 Å². The molecule has 2 heterocycles. The molecule has 1 aliphatic heterocycles. The molecule has 2 atom stereocenters. The highest BCUT2D eigenvalue weighted by Gasteiger charge is 2.48. The van der Waals surface area contributed by atoms with Gasteiger partial charge in [0.1, 0.15) is 11.6 Å². The maximum atomic E-state index is 15.2. The van der Waals surface area contributed by atoms with Crippen LogP contribution in [0.2, 0.25) is 0 Å². The summed E-state index contributed by atoms with van der Waals surface area (Å²) in [5.74, 6) is -3.62. The molecule has 0 amide bonds. The van der Waals surface area contributed by atoms with Gasteiger partial charge in [0, 0.05) is 35.8 Å². The van der Waals surface area contributed by atoms with Crippen molar-refractivity contribution in [2.45, 2.75) is 43.5 Å². The van der Waals surface area contributed by atoms with E-state index in [1.54, 1.807) is 0 Å². The third-order valence-corrected chi connectivity index (χ3v) is 8.21. The first-order valence-electron chi connectivity index (χ1n) is 10.6. The molecule has 1 spiro atoms. The summed E-state index contributed by atoms with van der Waals surface area (Å²) in [6.45, 7) is 2.78. The summed E-state index contributed by atoms with van der Waals surface area (Å²) in [6, 6.07) is 4.97. The van der Waals surface area contributed by atoms with E-state index in [1.165, 1.54) is 19.1 Å². The summed E-state index contributed by atoms with van der Waals surface area (Å²) in [5.41, 5.74) is 0.498. The minimum Gasteiger partial charge on any atom is -0.371 e. The number of aromatic nitrogens is 1. The van der Waals surface area contributed by atoms with E-state index in [0.29, 0.717) is 24.8 Å². The van der Waals surface area contributed by atoms with E-state index in [0.717, 1.165) is 37.8 Å². The number of halogens is 3. The third-order valence-electron chi connectivity index (χ3n) is 6.82. The molecule has 6 nitrogen and oxygen atoms in total. The fourth-order valence-electron chi connectivity index (χ4n) is 5.41. The van der Waals surface area contributed by atoms with Crippen molar-refractivity contribution in [3.63, 3.8) is 0 Å². The number of hydrogen-bond acceptors (Lipinski definition) is 5. The van der Waals surface area contributed by atoms with Gasteiger partial charge in [-0.1, -0.05) is 12.5 Å². The normalized spacial score (nSPS) is 23.5. The van der Waals surface area contributed by atoms with Crippen LogP contribution >= 0.6 is 0 Å². The first-order chi connectivity index (χ1) is 15.0. The van der Waals surface area contributed by atoms with Crippen LogP contribution in [0.4, 0.5) is 24.7 Å². The first-order valence-corrected chi connectivity index (χ1v) is 12.1. The van der Waals surface area contributed by atoms with Crippen LogP contribution in [0.25, 0.3) is 0 Å². The molecule has 2 fully saturated rings. The number of nitrogens with zero attached hydrogens (tertiary/aromatic N) is 3. The van der Waals surface area contributed by atoms with Gasteiger partial charge in [0.15, 0.2) is 10.7 Å². The number of rotatable bonds is 5. The quantitative estimate of drug-likeness (QED) is 0.674. The SMILES string of the molecule is Cc1c(N2CC[C@@]3(CCC[C@@H]3N(C)C)C2)cc(F)c(S(=O)(=O)Nc2cccc(F)n2)c1F. The van der Waals surface area contributed by atoms with Gasteiger partial charge < -0.3 is 9.80 Å². The van der Waals surface area contributed by atoms with Crippen LogP contribution in [0, 0.1) is 29.9 Å². The maximum Gasteiger partial charge on any atom is 0.268 e. The number of sulfonamides is 1. The lowest BCUT2D eigenvalue weighted by Crippen LogP contribution is -2.42. The molecular weight excluding hydrogens is 441 g/mol. The molecule has 174 valence electrons. The number of benzene rings is 1. The lowest BCUT2D eigenvalue weighted by molar-refractivity contribution is 0.153. The molecule has 1 aromatic heterocycles. The molecule has 1 aromatic carbocycles. The Kier molecular flexibility index (Phi) is 5.87. The Labute approximate surface area is 186 Å². The van der Waals surface area contributed by atoms with Gasteiger partial charge in [-0.3, -0.25) is 4.72 Å². The fourth-order valence-corrected chi connectivity index (χ4v) is 6.61. The van der Waals surface area contributed by atoms with E-state index in [-0.39, 0.29) is 16.8 Å². The van der Waals surface area contributed by atoms with Crippen molar-refractivity contribution in [2.75, 3.05) is 36.8 Å². The molecule has 1 aliphatic carbocycles. The van der Waals surface area contributed by atoms with E-state index >= 15 is 8.78 Å². The molecule has 0 radical (unpaired) electrons. The summed E-state index contributed by atoms with van der Waals surface area (Å²) >= 11 is 0. The lowest BCUT2D eigenvalue weighted by Gasteiger charge is -2.36. The highest BCUT2D eigenvalue weighted by molar-refractivity contribution is 7.92. The van der Waals surface area contributed by atoms with Gasteiger partial charge in [-0.15, -0.1) is 0 Å². The largest absolute Gasteiger partial charge is 0.371 e. The monoisotopic (exact) mass is 468 g/mol. The second-order valence-electron chi connectivity index (χ2n) is 9.00. The van der Waals surface area contributed by atoms with Crippen LogP contribution < -0.4 is 9.62 Å². The number of hydrogen-bond donors (Lipinski definition) is 1. The second-order valence-corrected chi connectivity index (χ2v) is 10.6. The van der Waals surface area contributed by atoms with Crippen LogP contribution in [-0.2, 0) is 10.0 Å². The van der Waals surface area contributed by atoms with Gasteiger partial charge in [0.25, 0.3) is 10.0 Å². The van der Waals surface area contributed by atoms with Crippen LogP contribution in [0.1, 0.15) is 31.2 Å². The number of anilines is 2. The van der Waals surface area contributed by atoms with E-state index in [4.69, 9.17) is 0 Å². The number of nitrogens with one attached hydrogen (secondary N) is 1. The Hall–Kier alpha value is -2.33. The minimum absolute atomic E-state index is 0.0652. The second kappa shape index (κ2) is 8.22. The molecular formula is C22H27F3N4O2S. The molecule has 10 heteroatoms. The van der Waals surface area contributed by atoms with Crippen molar-refractivity contribution >= 4 is 21.5 Å². The van der Waals surface area contributed by atoms with Gasteiger partial charge in [-0.05, 0) is 58.5 Å². The molecule has 32 heavy (non-hydrogen) atoms. The Morgan fingerprint density at radius 2 is 1.97 bits per heavy atom. The van der Waals surface area contributed by atoms with E-state index in [9.17, 15) is 12.8 Å². The van der Waals surface area contributed by atoms with Crippen molar-refractivity contribution < 1.29 is 21.6 Å². The van der Waals surface area contributed by atoms with Crippen LogP contribution in [0.3, 0.4) is 0 Å². The van der Waals surface area contributed by atoms with E-state index in [2.05, 4.69) is 24.0 Å². The Bertz CT molecular complexity index is 1140. The topological polar surface area (TPSA) is 65.5 Å². The lowest BCUT2D eigenvalue weighted by atomic mass is 9.81. The maximum absolute atomic E-state index is 15.2. The minimum atomic E-state index is -4.65. The zero-order chi connectivity index (χ0) is 23.3. The zero-order valence-corrected chi connectivity index (χ0v) is 19.1. The van der Waals surface area contributed by atoms with Crippen molar-refractivity contribution in [2.24, 2.45) is 5.41 Å². The standard InChI is InChI=1S/C22H27F3N4O2S/c1-14-16(29-11-10-22(13-29)9-5-6-17(22)28(2)3)12-15(23)21(20(14)25)32(30,31)27-19-8-4-7-18(24)26-19/h4,7-8,12,17H,5-6,9-11,13H2,1-3H3,(H,26,27)/t17-,22-/m0/s1. The predicted octanol–water partition coefficient (Wildman–Crippen LogP) is 3.92. The smallest absolute Gasteiger partial charge is 0.268 e. The molecule has 1 saturated heterocycles. The van der Waals surface area contributed by atoms with Gasteiger partial charge in [-0.25, -0.2) is 22.2 Å². The van der Waals surface area contributed by atoms with Crippen LogP contribution in [0.15, 0.2) is 29.2 Å². The fraction of sp³-hybridized carbons (Fsp3) is 0.500. The van der Waals surface area contributed by atoms with Crippen molar-refractivity contribution in [1.29, 1.82) is 0 Å². The van der Waals surface area contributed by atoms with Gasteiger partial charge in [-0.2, -0.15) is 4.39 Å². The molecule has 2 aromatic rings. The number of pyridine rings is 1. The first kappa shape index (κ1) is 22.8. The summed E-state index contributed by atoms with van der Waals surface area (Å²) in [6.07, 6.45) is 4.20. The summed E-state index contributed by atoms with van der Waals surface area (Å²) in [7, 11) is -0.530. The Morgan fingerprint density at radius 1 is 1.22 bits per heavy atom. The third kappa shape index (κ3) is 3.94. The van der Waals surface area contributed by atoms with Gasteiger partial charge in [0.05, 0.1) is 0 Å². The van der Waals surface area contributed by atoms with E-state index < -0.39 is 32.5 Å². The molecule has 0 unspecified atom stereocenters.